The minimum atomic E-state index is -0.801. The van der Waals surface area contributed by atoms with Gasteiger partial charge in [-0.05, 0) is 54.8 Å². The van der Waals surface area contributed by atoms with E-state index in [0.717, 1.165) is 0 Å². The zero-order chi connectivity index (χ0) is 24.7. The molecule has 0 radical (unpaired) electrons. The van der Waals surface area contributed by atoms with E-state index in [1.54, 1.807) is 35.2 Å². The van der Waals surface area contributed by atoms with Gasteiger partial charge < -0.3 is 26.4 Å². The van der Waals surface area contributed by atoms with Crippen LogP contribution in [0.15, 0.2) is 78.1 Å². The van der Waals surface area contributed by atoms with E-state index in [2.05, 4.69) is 5.32 Å². The lowest BCUT2D eigenvalue weighted by atomic mass is 10.0. The summed E-state index contributed by atoms with van der Waals surface area (Å²) in [6.45, 7) is 5.05. The Bertz CT molecular complexity index is 1090. The van der Waals surface area contributed by atoms with Gasteiger partial charge in [0.2, 0.25) is 5.91 Å². The molecule has 1 aliphatic rings. The molecule has 8 nitrogen and oxygen atoms in total. The van der Waals surface area contributed by atoms with Crippen molar-refractivity contribution in [3.05, 3.63) is 83.7 Å². The van der Waals surface area contributed by atoms with Crippen molar-refractivity contribution in [2.24, 2.45) is 17.4 Å². The summed E-state index contributed by atoms with van der Waals surface area (Å²) >= 11 is 0. The van der Waals surface area contributed by atoms with Crippen LogP contribution in [0, 0.1) is 11.3 Å². The molecule has 0 spiro atoms. The predicted molar refractivity (Wildman–Crippen MR) is 132 cm³/mol. The number of primary amides is 1. The summed E-state index contributed by atoms with van der Waals surface area (Å²) in [5.74, 6) is 0.758. The molecule has 0 aliphatic carbocycles. The van der Waals surface area contributed by atoms with Crippen LogP contribution in [-0.2, 0) is 9.59 Å². The van der Waals surface area contributed by atoms with Crippen molar-refractivity contribution in [3.63, 3.8) is 0 Å². The average Bonchev–Trinajstić information content (AvgIpc) is 3.27. The molecule has 0 aromatic heterocycles. The number of nitrogens with two attached hydrogens (primary N) is 2. The number of nitrogens with zero attached hydrogens (tertiary/aromatic N) is 1. The van der Waals surface area contributed by atoms with Crippen LogP contribution in [0.1, 0.15) is 25.8 Å². The summed E-state index contributed by atoms with van der Waals surface area (Å²) in [5, 5.41) is 11.6. The monoisotopic (exact) mass is 461 g/mol. The summed E-state index contributed by atoms with van der Waals surface area (Å²) in [7, 11) is 0. The van der Waals surface area contributed by atoms with Crippen molar-refractivity contribution < 1.29 is 14.3 Å². The number of hydrogen-bond acceptors (Lipinski definition) is 6. The van der Waals surface area contributed by atoms with E-state index in [1.807, 2.05) is 50.3 Å². The van der Waals surface area contributed by atoms with Gasteiger partial charge in [0.25, 0.3) is 5.91 Å². The Kier molecular flexibility index (Phi) is 8.08. The number of ether oxygens (including phenoxy) is 1. The maximum absolute atomic E-state index is 12.3. The molecule has 8 heteroatoms. The van der Waals surface area contributed by atoms with Crippen molar-refractivity contribution in [1.82, 2.24) is 10.2 Å². The van der Waals surface area contributed by atoms with Crippen molar-refractivity contribution in [2.75, 3.05) is 13.1 Å². The van der Waals surface area contributed by atoms with Gasteiger partial charge in [0.1, 0.15) is 22.9 Å². The van der Waals surface area contributed by atoms with Crippen molar-refractivity contribution in [3.8, 4) is 11.5 Å². The van der Waals surface area contributed by atoms with Crippen LogP contribution in [0.5, 0.6) is 11.5 Å². The normalized spacial score (nSPS) is 16.4. The molecule has 0 saturated carbocycles. The number of allylic oxidation sites excluding steroid dienone is 1. The summed E-state index contributed by atoms with van der Waals surface area (Å²) in [4.78, 5) is 26.2. The summed E-state index contributed by atoms with van der Waals surface area (Å²) in [6, 6.07) is 16.0. The van der Waals surface area contributed by atoms with Crippen LogP contribution >= 0.6 is 0 Å². The lowest BCUT2D eigenvalue weighted by molar-refractivity contribution is -0.125. The molecule has 34 heavy (non-hydrogen) atoms. The van der Waals surface area contributed by atoms with Gasteiger partial charge in [-0.3, -0.25) is 15.0 Å². The fraction of sp³-hybridized carbons (Fsp3) is 0.269. The molecule has 2 aromatic rings. The van der Waals surface area contributed by atoms with Gasteiger partial charge >= 0.3 is 0 Å². The average molecular weight is 462 g/mol. The van der Waals surface area contributed by atoms with Crippen molar-refractivity contribution in [2.45, 2.75) is 26.3 Å². The van der Waals surface area contributed by atoms with Gasteiger partial charge in [-0.1, -0.05) is 38.1 Å². The standard InChI is InChI=1S/C26H31N5O3/c1-17(2)8-13-22(32)31-15-14-19(16-31)30-25(28)23(26(29)33)24(27)18-9-11-21(12-10-18)34-20-6-4-3-5-7-20/h3-13,17,19,27,30H,14-16,28H2,1-2H3,(H2,29,33)/b13-8+,25-23+,27-24?. The van der Waals surface area contributed by atoms with Gasteiger partial charge in [-0.2, -0.15) is 0 Å². The molecule has 178 valence electrons. The largest absolute Gasteiger partial charge is 0.457 e. The Morgan fingerprint density at radius 1 is 1.09 bits per heavy atom. The first kappa shape index (κ1) is 24.6. The number of nitrogens with one attached hydrogen (secondary N) is 2. The molecule has 6 N–H and O–H groups in total. The number of carbonyl (C=O) groups is 2. The third-order valence-corrected chi connectivity index (χ3v) is 5.37. The number of carbonyl (C=O) groups excluding carboxylic acids is 2. The smallest absolute Gasteiger partial charge is 0.254 e. The number of hydrogen-bond donors (Lipinski definition) is 4. The minimum Gasteiger partial charge on any atom is -0.457 e. The van der Waals surface area contributed by atoms with Gasteiger partial charge in [-0.25, -0.2) is 0 Å². The Labute approximate surface area is 199 Å². The highest BCUT2D eigenvalue weighted by Crippen LogP contribution is 2.22. The molecular weight excluding hydrogens is 430 g/mol. The van der Waals surface area contributed by atoms with Crippen LogP contribution in [0.3, 0.4) is 0 Å². The van der Waals surface area contributed by atoms with Crippen LogP contribution in [-0.4, -0.2) is 41.6 Å². The third-order valence-electron chi connectivity index (χ3n) is 5.37. The molecule has 3 rings (SSSR count). The van der Waals surface area contributed by atoms with Gasteiger partial charge in [0, 0.05) is 24.7 Å². The van der Waals surface area contributed by atoms with E-state index in [0.29, 0.717) is 42.5 Å². The first-order valence-corrected chi connectivity index (χ1v) is 11.2. The van der Waals surface area contributed by atoms with Gasteiger partial charge in [0.15, 0.2) is 0 Å². The maximum atomic E-state index is 12.3. The molecule has 1 aliphatic heterocycles. The first-order chi connectivity index (χ1) is 16.2. The molecule has 1 fully saturated rings. The SMILES string of the molecule is CC(C)/C=C/C(=O)N1CCC(N/C(N)=C(\C(=N)c2ccc(Oc3ccccc3)cc2)C(N)=O)C1. The quantitative estimate of drug-likeness (QED) is 0.336. The highest BCUT2D eigenvalue weighted by molar-refractivity contribution is 6.26. The molecular formula is C26H31N5O3. The van der Waals surface area contributed by atoms with Crippen LogP contribution in [0.4, 0.5) is 0 Å². The zero-order valence-corrected chi connectivity index (χ0v) is 19.5. The molecule has 1 atom stereocenters. The van der Waals surface area contributed by atoms with Crippen molar-refractivity contribution >= 4 is 17.5 Å². The van der Waals surface area contributed by atoms with E-state index in [-0.39, 0.29) is 29.1 Å². The minimum absolute atomic E-state index is 0.0270. The number of likely N-dealkylation sites (tertiary alicyclic amines) is 1. The summed E-state index contributed by atoms with van der Waals surface area (Å²) in [6.07, 6.45) is 4.12. The van der Waals surface area contributed by atoms with Crippen LogP contribution in [0.25, 0.3) is 0 Å². The molecule has 1 heterocycles. The Morgan fingerprint density at radius 2 is 1.74 bits per heavy atom. The third kappa shape index (κ3) is 6.48. The number of benzene rings is 2. The van der Waals surface area contributed by atoms with E-state index in [9.17, 15) is 9.59 Å². The zero-order valence-electron chi connectivity index (χ0n) is 19.5. The second kappa shape index (κ2) is 11.2. The van der Waals surface area contributed by atoms with Crippen LogP contribution in [0.2, 0.25) is 0 Å². The highest BCUT2D eigenvalue weighted by Gasteiger charge is 2.27. The van der Waals surface area contributed by atoms with Gasteiger partial charge in [0.05, 0.1) is 5.71 Å². The topological polar surface area (TPSA) is 135 Å². The summed E-state index contributed by atoms with van der Waals surface area (Å²) < 4.78 is 5.77. The highest BCUT2D eigenvalue weighted by atomic mass is 16.5. The molecule has 0 bridgehead atoms. The molecule has 1 unspecified atom stereocenters. The molecule has 2 aromatic carbocycles. The van der Waals surface area contributed by atoms with E-state index in [4.69, 9.17) is 21.6 Å². The number of amides is 2. The lowest BCUT2D eigenvalue weighted by Crippen LogP contribution is -2.39. The second-order valence-corrected chi connectivity index (χ2v) is 8.48. The predicted octanol–water partition coefficient (Wildman–Crippen LogP) is 2.91. The van der Waals surface area contributed by atoms with E-state index >= 15 is 0 Å². The molecule has 1 saturated heterocycles. The number of rotatable bonds is 9. The Morgan fingerprint density at radius 3 is 2.35 bits per heavy atom. The van der Waals surface area contributed by atoms with Gasteiger partial charge in [-0.15, -0.1) is 0 Å². The Balaban J connectivity index is 1.68. The van der Waals surface area contributed by atoms with Crippen LogP contribution < -0.4 is 21.5 Å². The fourth-order valence-electron chi connectivity index (χ4n) is 3.60. The second-order valence-electron chi connectivity index (χ2n) is 8.48. The maximum Gasteiger partial charge on any atom is 0.254 e. The van der Waals surface area contributed by atoms with E-state index in [1.165, 1.54) is 0 Å². The fourth-order valence-corrected chi connectivity index (χ4v) is 3.60. The number of para-hydroxylation sites is 1. The summed E-state index contributed by atoms with van der Waals surface area (Å²) in [5.41, 5.74) is 12.0. The molecule has 2 amide bonds. The Hall–Kier alpha value is -4.07. The lowest BCUT2D eigenvalue weighted by Gasteiger charge is -2.18. The van der Waals surface area contributed by atoms with Crippen molar-refractivity contribution in [1.29, 1.82) is 5.41 Å². The van der Waals surface area contributed by atoms with E-state index < -0.39 is 5.91 Å². The first-order valence-electron chi connectivity index (χ1n) is 11.2.